The van der Waals surface area contributed by atoms with Crippen molar-refractivity contribution in [2.45, 2.75) is 40.9 Å². The molecule has 28 heavy (non-hydrogen) atoms. The van der Waals surface area contributed by atoms with Gasteiger partial charge >= 0.3 is 0 Å². The Labute approximate surface area is 166 Å². The second kappa shape index (κ2) is 6.53. The zero-order chi connectivity index (χ0) is 20.2. The molecule has 1 fully saturated rings. The summed E-state index contributed by atoms with van der Waals surface area (Å²) in [7, 11) is -4.54. The number of hydrogen-bond donors (Lipinski definition) is 0. The lowest BCUT2D eigenvalue weighted by Gasteiger charge is -2.24. The van der Waals surface area contributed by atoms with E-state index in [1.165, 1.54) is 42.7 Å². The van der Waals surface area contributed by atoms with Crippen molar-refractivity contribution in [2.24, 2.45) is 0 Å². The highest BCUT2D eigenvalue weighted by molar-refractivity contribution is 7.93. The van der Waals surface area contributed by atoms with Gasteiger partial charge in [0.05, 0.1) is 21.2 Å². The smallest absolute Gasteiger partial charge is 0.264 e. The number of benzene rings is 1. The number of sulfonamides is 2. The molecule has 0 unspecified atom stereocenters. The average Bonchev–Trinajstić information content (AvgIpc) is 3.28. The quantitative estimate of drug-likeness (QED) is 0.756. The molecule has 0 bridgehead atoms. The van der Waals surface area contributed by atoms with E-state index in [1.807, 2.05) is 0 Å². The summed E-state index contributed by atoms with van der Waals surface area (Å²) >= 11 is 0. The fourth-order valence-electron chi connectivity index (χ4n) is 4.22. The summed E-state index contributed by atoms with van der Waals surface area (Å²) < 4.78 is 53.8. The van der Waals surface area contributed by atoms with E-state index in [1.54, 1.807) is 18.3 Å². The maximum absolute atomic E-state index is 13.4. The monoisotopic (exact) mass is 421 g/mol. The summed E-state index contributed by atoms with van der Waals surface area (Å²) in [5.74, 6) is 0. The van der Waals surface area contributed by atoms with Gasteiger partial charge in [0.25, 0.3) is 10.0 Å². The average molecular weight is 422 g/mol. The third kappa shape index (κ3) is 2.84. The van der Waals surface area contributed by atoms with E-state index >= 15 is 0 Å². The first kappa shape index (κ1) is 19.4. The molecule has 4 rings (SSSR count). The molecule has 0 saturated heterocycles. The lowest BCUT2D eigenvalue weighted by atomic mass is 9.84. The van der Waals surface area contributed by atoms with Gasteiger partial charge in [0.15, 0.2) is 0 Å². The van der Waals surface area contributed by atoms with Crippen molar-refractivity contribution >= 4 is 25.7 Å². The third-order valence-corrected chi connectivity index (χ3v) is 9.36. The van der Waals surface area contributed by atoms with Crippen molar-refractivity contribution in [1.29, 1.82) is 0 Å². The van der Waals surface area contributed by atoms with E-state index < -0.39 is 20.0 Å². The molecule has 150 valence electrons. The molecule has 1 aliphatic heterocycles. The molecule has 2 aliphatic rings. The SMILES string of the molecule is CN(C)S(=O)(=O)c1ccc(S(=O)(=O)N2CC3(CCCC3)c3ncccc32)cc1. The van der Waals surface area contributed by atoms with Crippen molar-refractivity contribution < 1.29 is 16.8 Å². The van der Waals surface area contributed by atoms with Gasteiger partial charge in [0.1, 0.15) is 0 Å². The molecule has 1 aromatic heterocycles. The Kier molecular flexibility index (Phi) is 4.52. The summed E-state index contributed by atoms with van der Waals surface area (Å²) in [4.78, 5) is 4.67. The molecule has 2 heterocycles. The highest BCUT2D eigenvalue weighted by atomic mass is 32.2. The summed E-state index contributed by atoms with van der Waals surface area (Å²) in [5.41, 5.74) is 1.29. The maximum Gasteiger partial charge on any atom is 0.264 e. The Morgan fingerprint density at radius 1 is 0.964 bits per heavy atom. The van der Waals surface area contributed by atoms with Crippen molar-refractivity contribution in [3.8, 4) is 0 Å². The fraction of sp³-hybridized carbons (Fsp3) is 0.421. The number of fused-ring (bicyclic) bond motifs is 2. The molecule has 9 heteroatoms. The molecule has 7 nitrogen and oxygen atoms in total. The van der Waals surface area contributed by atoms with Crippen LogP contribution in [0.1, 0.15) is 31.4 Å². The van der Waals surface area contributed by atoms with Crippen LogP contribution in [0, 0.1) is 0 Å². The lowest BCUT2D eigenvalue weighted by Crippen LogP contribution is -2.35. The minimum absolute atomic E-state index is 0.0622. The first-order chi connectivity index (χ1) is 13.2. The lowest BCUT2D eigenvalue weighted by molar-refractivity contribution is 0.465. The van der Waals surface area contributed by atoms with Gasteiger partial charge in [-0.1, -0.05) is 12.8 Å². The minimum atomic E-state index is -3.81. The topological polar surface area (TPSA) is 87.7 Å². The Hall–Kier alpha value is -1.97. The van der Waals surface area contributed by atoms with Crippen LogP contribution in [0.5, 0.6) is 0 Å². The van der Waals surface area contributed by atoms with Crippen LogP contribution in [0.2, 0.25) is 0 Å². The van der Waals surface area contributed by atoms with Gasteiger partial charge in [0, 0.05) is 32.3 Å². The largest absolute Gasteiger partial charge is 0.264 e. The van der Waals surface area contributed by atoms with Crippen LogP contribution in [0.25, 0.3) is 0 Å². The summed E-state index contributed by atoms with van der Waals surface area (Å²) in [5, 5.41) is 0. The third-order valence-electron chi connectivity index (χ3n) is 5.75. The standard InChI is InChI=1S/C19H23N3O4S2/c1-21(2)27(23,24)15-7-9-16(10-8-15)28(25,26)22-14-19(11-3-4-12-19)18-17(22)6-5-13-20-18/h5-10,13H,3-4,11-12,14H2,1-2H3. The summed E-state index contributed by atoms with van der Waals surface area (Å²) in [6.45, 7) is 0.388. The number of anilines is 1. The molecule has 1 saturated carbocycles. The number of pyridine rings is 1. The van der Waals surface area contributed by atoms with Crippen LogP contribution in [0.4, 0.5) is 5.69 Å². The van der Waals surface area contributed by atoms with Gasteiger partial charge in [-0.2, -0.15) is 0 Å². The second-order valence-electron chi connectivity index (χ2n) is 7.63. The zero-order valence-electron chi connectivity index (χ0n) is 15.9. The number of aromatic nitrogens is 1. The first-order valence-electron chi connectivity index (χ1n) is 9.19. The Morgan fingerprint density at radius 2 is 1.57 bits per heavy atom. The minimum Gasteiger partial charge on any atom is -0.264 e. The maximum atomic E-state index is 13.4. The van der Waals surface area contributed by atoms with Crippen molar-refractivity contribution in [1.82, 2.24) is 9.29 Å². The summed E-state index contributed by atoms with van der Waals surface area (Å²) in [6.07, 6.45) is 5.73. The van der Waals surface area contributed by atoms with Gasteiger partial charge in [-0.05, 0) is 49.2 Å². The van der Waals surface area contributed by atoms with Crippen LogP contribution < -0.4 is 4.31 Å². The van der Waals surface area contributed by atoms with E-state index in [9.17, 15) is 16.8 Å². The zero-order valence-corrected chi connectivity index (χ0v) is 17.5. The van der Waals surface area contributed by atoms with Gasteiger partial charge in [0.2, 0.25) is 10.0 Å². The van der Waals surface area contributed by atoms with Gasteiger partial charge in [-0.15, -0.1) is 0 Å². The first-order valence-corrected chi connectivity index (χ1v) is 12.1. The molecule has 2 aromatic rings. The molecule has 1 spiro atoms. The van der Waals surface area contributed by atoms with Crippen LogP contribution in [0.3, 0.4) is 0 Å². The fourth-order valence-corrected chi connectivity index (χ4v) is 6.68. The Bertz CT molecular complexity index is 1100. The van der Waals surface area contributed by atoms with Gasteiger partial charge < -0.3 is 0 Å². The van der Waals surface area contributed by atoms with Crippen LogP contribution in [0.15, 0.2) is 52.4 Å². The van der Waals surface area contributed by atoms with E-state index in [2.05, 4.69) is 4.98 Å². The molecule has 0 radical (unpaired) electrons. The van der Waals surface area contributed by atoms with E-state index in [0.29, 0.717) is 12.2 Å². The second-order valence-corrected chi connectivity index (χ2v) is 11.6. The molecule has 1 aromatic carbocycles. The Morgan fingerprint density at radius 3 is 2.18 bits per heavy atom. The van der Waals surface area contributed by atoms with E-state index in [0.717, 1.165) is 35.7 Å². The van der Waals surface area contributed by atoms with Crippen LogP contribution >= 0.6 is 0 Å². The normalized spacial score (nSPS) is 18.8. The van der Waals surface area contributed by atoms with Crippen molar-refractivity contribution in [3.63, 3.8) is 0 Å². The molecule has 0 amide bonds. The molecule has 0 N–H and O–H groups in total. The van der Waals surface area contributed by atoms with Gasteiger partial charge in [-0.3, -0.25) is 9.29 Å². The predicted octanol–water partition coefficient (Wildman–Crippen LogP) is 2.35. The summed E-state index contributed by atoms with van der Waals surface area (Å²) in [6, 6.07) is 8.96. The van der Waals surface area contributed by atoms with Crippen LogP contribution in [-0.4, -0.2) is 46.8 Å². The van der Waals surface area contributed by atoms with E-state index in [-0.39, 0.29) is 15.2 Å². The predicted molar refractivity (Wildman–Crippen MR) is 106 cm³/mol. The number of rotatable bonds is 4. The highest BCUT2D eigenvalue weighted by Crippen LogP contribution is 2.50. The number of nitrogens with zero attached hydrogens (tertiary/aromatic N) is 3. The molecular formula is C19H23N3O4S2. The van der Waals surface area contributed by atoms with Gasteiger partial charge in [-0.25, -0.2) is 21.1 Å². The molecule has 0 atom stereocenters. The van der Waals surface area contributed by atoms with Crippen molar-refractivity contribution in [2.75, 3.05) is 24.9 Å². The Balaban J connectivity index is 1.74. The van der Waals surface area contributed by atoms with Crippen LogP contribution in [-0.2, 0) is 25.5 Å². The number of hydrogen-bond acceptors (Lipinski definition) is 5. The molecule has 1 aliphatic carbocycles. The molecular weight excluding hydrogens is 398 g/mol. The van der Waals surface area contributed by atoms with E-state index in [4.69, 9.17) is 0 Å². The van der Waals surface area contributed by atoms with Crippen molar-refractivity contribution in [3.05, 3.63) is 48.3 Å². The highest BCUT2D eigenvalue weighted by Gasteiger charge is 2.49.